The zero-order valence-corrected chi connectivity index (χ0v) is 18.5. The van der Waals surface area contributed by atoms with Crippen LogP contribution < -0.4 is 16.3 Å². The molecule has 0 spiro atoms. The predicted molar refractivity (Wildman–Crippen MR) is 125 cm³/mol. The highest BCUT2D eigenvalue weighted by Gasteiger charge is 2.18. The van der Waals surface area contributed by atoms with Gasteiger partial charge in [0.15, 0.2) is 11.5 Å². The molecule has 0 bridgehead atoms. The number of carbonyl (C=O) groups is 2. The normalized spacial score (nSPS) is 11.5. The number of aryl methyl sites for hydroxylation is 3. The topological polar surface area (TPSA) is 103 Å². The number of halogens is 1. The van der Waals surface area contributed by atoms with Gasteiger partial charge in [-0.05, 0) is 61.2 Å². The number of hydrogen-bond acceptors (Lipinski definition) is 5. The van der Waals surface area contributed by atoms with Crippen molar-refractivity contribution in [1.82, 2.24) is 4.98 Å². The Bertz CT molecular complexity index is 1280. The van der Waals surface area contributed by atoms with Crippen LogP contribution in [0.3, 0.4) is 0 Å². The number of rotatable bonds is 6. The number of carbonyl (C=O) groups excluding carboxylic acids is 2. The minimum atomic E-state index is -0.634. The van der Waals surface area contributed by atoms with E-state index in [-0.39, 0.29) is 11.3 Å². The Balaban J connectivity index is 1.88. The number of pyridine rings is 1. The number of Topliss-reactive ketones (excluding diaryl/α,β-unsaturated/α-hetero) is 1. The summed E-state index contributed by atoms with van der Waals surface area (Å²) in [5, 5.41) is 7.81. The van der Waals surface area contributed by atoms with Gasteiger partial charge < -0.3 is 10.3 Å². The molecule has 160 valence electrons. The average Bonchev–Trinajstić information content (AvgIpc) is 2.69. The Labute approximate surface area is 184 Å². The van der Waals surface area contributed by atoms with E-state index in [1.54, 1.807) is 18.2 Å². The maximum Gasteiger partial charge on any atom is 0.279 e. The van der Waals surface area contributed by atoms with Crippen molar-refractivity contribution >= 4 is 51.3 Å². The van der Waals surface area contributed by atoms with E-state index >= 15 is 0 Å². The summed E-state index contributed by atoms with van der Waals surface area (Å²) in [6.45, 7) is 7.09. The quantitative estimate of drug-likeness (QED) is 0.302. The van der Waals surface area contributed by atoms with Crippen LogP contribution in [0.15, 0.2) is 46.3 Å². The highest BCUT2D eigenvalue weighted by Crippen LogP contribution is 2.28. The van der Waals surface area contributed by atoms with Gasteiger partial charge in [0, 0.05) is 24.1 Å². The first-order valence-electron chi connectivity index (χ1n) is 9.78. The van der Waals surface area contributed by atoms with Crippen LogP contribution >= 0.6 is 11.6 Å². The largest absolute Gasteiger partial charge is 0.322 e. The lowest BCUT2D eigenvalue weighted by atomic mass is 10.1. The maximum absolute atomic E-state index is 12.6. The van der Waals surface area contributed by atoms with Gasteiger partial charge in [0.25, 0.3) is 5.91 Å². The number of hydrogen-bond donors (Lipinski definition) is 3. The number of H-pyrrole nitrogens is 1. The molecule has 1 heterocycles. The molecule has 0 atom stereocenters. The first kappa shape index (κ1) is 22.2. The zero-order chi connectivity index (χ0) is 22.7. The molecule has 0 saturated carbocycles. The Kier molecular flexibility index (Phi) is 6.56. The molecule has 0 unspecified atom stereocenters. The first-order valence-corrected chi connectivity index (χ1v) is 10.2. The van der Waals surface area contributed by atoms with E-state index in [2.05, 4.69) is 27.8 Å². The van der Waals surface area contributed by atoms with Gasteiger partial charge in [-0.15, -0.1) is 0 Å². The summed E-state index contributed by atoms with van der Waals surface area (Å²) in [5.41, 5.74) is 6.63. The minimum Gasteiger partial charge on any atom is -0.322 e. The van der Waals surface area contributed by atoms with Crippen LogP contribution in [0, 0.1) is 13.8 Å². The van der Waals surface area contributed by atoms with Crippen LogP contribution in [0.25, 0.3) is 10.9 Å². The Morgan fingerprint density at radius 2 is 1.84 bits per heavy atom. The molecule has 1 amide bonds. The number of benzene rings is 2. The molecule has 8 heteroatoms. The van der Waals surface area contributed by atoms with Crippen molar-refractivity contribution in [3.05, 3.63) is 68.5 Å². The second-order valence-electron chi connectivity index (χ2n) is 7.27. The lowest BCUT2D eigenvalue weighted by Gasteiger charge is -2.11. The van der Waals surface area contributed by atoms with E-state index in [9.17, 15) is 14.4 Å². The summed E-state index contributed by atoms with van der Waals surface area (Å²) < 4.78 is 0. The van der Waals surface area contributed by atoms with Gasteiger partial charge in [-0.2, -0.15) is 5.10 Å². The van der Waals surface area contributed by atoms with E-state index in [4.69, 9.17) is 11.6 Å². The van der Waals surface area contributed by atoms with Gasteiger partial charge in [0.1, 0.15) is 0 Å². The van der Waals surface area contributed by atoms with Gasteiger partial charge in [-0.3, -0.25) is 19.8 Å². The van der Waals surface area contributed by atoms with Crippen LogP contribution in [0.4, 0.5) is 11.4 Å². The Morgan fingerprint density at radius 1 is 1.10 bits per heavy atom. The molecule has 0 radical (unpaired) electrons. The van der Waals surface area contributed by atoms with Crippen molar-refractivity contribution in [2.45, 2.75) is 34.1 Å². The van der Waals surface area contributed by atoms with Crippen LogP contribution in [0.1, 0.15) is 30.5 Å². The van der Waals surface area contributed by atoms with Gasteiger partial charge in [0.05, 0.1) is 16.2 Å². The molecule has 1 aromatic heterocycles. The lowest BCUT2D eigenvalue weighted by molar-refractivity contribution is -0.114. The molecular formula is C23H23ClN4O3. The molecule has 3 rings (SSSR count). The molecule has 31 heavy (non-hydrogen) atoms. The number of anilines is 2. The number of hydrazone groups is 1. The standard InChI is InChI=1S/C23H23ClN4O3/c1-5-15-6-7-16(8-12(15)2)25-23(31)22(14(4)29)28-27-20-11-19-17(10-18(20)24)13(3)9-21(30)26-19/h6-11,27H,5H2,1-4H3,(H,25,31)(H,26,30)/b28-22+. The molecule has 0 saturated heterocycles. The summed E-state index contributed by atoms with van der Waals surface area (Å²) >= 11 is 6.32. The number of ketones is 1. The van der Waals surface area contributed by atoms with Gasteiger partial charge in [-0.25, -0.2) is 0 Å². The summed E-state index contributed by atoms with van der Waals surface area (Å²) in [6.07, 6.45) is 0.890. The van der Waals surface area contributed by atoms with Crippen LogP contribution in [-0.4, -0.2) is 22.4 Å². The van der Waals surface area contributed by atoms with Gasteiger partial charge >= 0.3 is 0 Å². The summed E-state index contributed by atoms with van der Waals surface area (Å²) in [7, 11) is 0. The zero-order valence-electron chi connectivity index (χ0n) is 17.7. The Morgan fingerprint density at radius 3 is 2.48 bits per heavy atom. The third-order valence-corrected chi connectivity index (χ3v) is 5.27. The second-order valence-corrected chi connectivity index (χ2v) is 7.68. The Hall–Kier alpha value is -3.45. The third kappa shape index (κ3) is 5.00. The van der Waals surface area contributed by atoms with E-state index in [1.807, 2.05) is 26.0 Å². The SMILES string of the molecule is CCc1ccc(NC(=O)/C(=N/Nc2cc3[nH]c(=O)cc(C)c3cc2Cl)C(C)=O)cc1C. The predicted octanol–water partition coefficient (Wildman–Crippen LogP) is 4.36. The van der Waals surface area contributed by atoms with Crippen LogP contribution in [-0.2, 0) is 16.0 Å². The molecule has 0 aliphatic heterocycles. The molecule has 2 aromatic carbocycles. The molecule has 0 aliphatic rings. The van der Waals surface area contributed by atoms with Gasteiger partial charge in [0.2, 0.25) is 5.56 Å². The minimum absolute atomic E-state index is 0.241. The van der Waals surface area contributed by atoms with Gasteiger partial charge in [-0.1, -0.05) is 24.6 Å². The molecule has 3 aromatic rings. The first-order chi connectivity index (χ1) is 14.7. The van der Waals surface area contributed by atoms with Crippen LogP contribution in [0.5, 0.6) is 0 Å². The van der Waals surface area contributed by atoms with E-state index < -0.39 is 11.7 Å². The van der Waals surface area contributed by atoms with E-state index in [0.717, 1.165) is 22.9 Å². The number of aromatic nitrogens is 1. The molecule has 0 aliphatic carbocycles. The van der Waals surface area contributed by atoms with E-state index in [1.165, 1.54) is 18.6 Å². The fourth-order valence-electron chi connectivity index (χ4n) is 3.30. The fourth-order valence-corrected chi connectivity index (χ4v) is 3.50. The summed E-state index contributed by atoms with van der Waals surface area (Å²) in [6, 6.07) is 10.3. The van der Waals surface area contributed by atoms with E-state index in [0.29, 0.717) is 21.9 Å². The van der Waals surface area contributed by atoms with Crippen molar-refractivity contribution in [1.29, 1.82) is 0 Å². The number of fused-ring (bicyclic) bond motifs is 1. The molecule has 0 fully saturated rings. The van der Waals surface area contributed by atoms with Crippen molar-refractivity contribution in [2.75, 3.05) is 10.7 Å². The highest BCUT2D eigenvalue weighted by atomic mass is 35.5. The molecule has 3 N–H and O–H groups in total. The molecular weight excluding hydrogens is 416 g/mol. The van der Waals surface area contributed by atoms with Crippen molar-refractivity contribution in [3.8, 4) is 0 Å². The second kappa shape index (κ2) is 9.14. The van der Waals surface area contributed by atoms with Crippen molar-refractivity contribution < 1.29 is 9.59 Å². The summed E-state index contributed by atoms with van der Waals surface area (Å²) in [4.78, 5) is 39.2. The lowest BCUT2D eigenvalue weighted by Crippen LogP contribution is -2.29. The summed E-state index contributed by atoms with van der Waals surface area (Å²) in [5.74, 6) is -1.14. The molecule has 7 nitrogen and oxygen atoms in total. The monoisotopic (exact) mass is 438 g/mol. The highest BCUT2D eigenvalue weighted by molar-refractivity contribution is 6.67. The van der Waals surface area contributed by atoms with Crippen molar-refractivity contribution in [3.63, 3.8) is 0 Å². The number of nitrogens with one attached hydrogen (secondary N) is 3. The van der Waals surface area contributed by atoms with Crippen LogP contribution in [0.2, 0.25) is 5.02 Å². The average molecular weight is 439 g/mol. The maximum atomic E-state index is 12.6. The smallest absolute Gasteiger partial charge is 0.279 e. The number of aromatic amines is 1. The van der Waals surface area contributed by atoms with Crippen molar-refractivity contribution in [2.24, 2.45) is 5.10 Å². The third-order valence-electron chi connectivity index (χ3n) is 4.96. The number of amides is 1. The number of nitrogens with zero attached hydrogens (tertiary/aromatic N) is 1. The fraction of sp³-hybridized carbons (Fsp3) is 0.217.